The lowest BCUT2D eigenvalue weighted by atomic mass is 10.2. The fourth-order valence-corrected chi connectivity index (χ4v) is 2.25. The number of halogens is 2. The predicted octanol–water partition coefficient (Wildman–Crippen LogP) is 4.66. The zero-order valence-corrected chi connectivity index (χ0v) is 12.9. The van der Waals surface area contributed by atoms with Crippen LogP contribution in [0, 0.1) is 0 Å². The van der Waals surface area contributed by atoms with E-state index in [0.717, 1.165) is 0 Å². The Morgan fingerprint density at radius 1 is 1.23 bits per heavy atom. The van der Waals surface area contributed by atoms with Crippen molar-refractivity contribution in [1.29, 1.82) is 0 Å². The minimum atomic E-state index is -0.417. The van der Waals surface area contributed by atoms with Crippen molar-refractivity contribution in [1.82, 2.24) is 4.98 Å². The van der Waals surface area contributed by atoms with Gasteiger partial charge in [0, 0.05) is 11.8 Å². The number of fused-ring (bicyclic) bond motifs is 1. The van der Waals surface area contributed by atoms with Crippen molar-refractivity contribution in [3.05, 3.63) is 52.0 Å². The molecule has 112 valence electrons. The van der Waals surface area contributed by atoms with Crippen molar-refractivity contribution in [2.24, 2.45) is 0 Å². The fraction of sp³-hybridized carbons (Fsp3) is 0.0667. The number of nitrogens with one attached hydrogen (secondary N) is 1. The van der Waals surface area contributed by atoms with E-state index in [1.165, 1.54) is 7.11 Å². The number of benzene rings is 2. The molecule has 0 spiro atoms. The van der Waals surface area contributed by atoms with Crippen LogP contribution in [-0.4, -0.2) is 18.1 Å². The molecule has 3 rings (SSSR count). The second kappa shape index (κ2) is 5.87. The van der Waals surface area contributed by atoms with Crippen molar-refractivity contribution in [3.8, 4) is 0 Å². The van der Waals surface area contributed by atoms with Gasteiger partial charge in [-0.2, -0.15) is 4.98 Å². The minimum absolute atomic E-state index is 0.273. The van der Waals surface area contributed by atoms with Crippen LogP contribution in [0.1, 0.15) is 10.4 Å². The van der Waals surface area contributed by atoms with Crippen LogP contribution in [0.15, 0.2) is 40.8 Å². The number of anilines is 2. The maximum atomic E-state index is 11.5. The van der Waals surface area contributed by atoms with Gasteiger partial charge in [-0.15, -0.1) is 0 Å². The lowest BCUT2D eigenvalue weighted by Crippen LogP contribution is -2.01. The largest absolute Gasteiger partial charge is 0.465 e. The average molecular weight is 337 g/mol. The van der Waals surface area contributed by atoms with Crippen LogP contribution in [0.25, 0.3) is 11.1 Å². The molecule has 7 heteroatoms. The molecule has 2 aromatic carbocycles. The zero-order chi connectivity index (χ0) is 15.7. The van der Waals surface area contributed by atoms with Crippen LogP contribution in [0.4, 0.5) is 11.7 Å². The Kier molecular flexibility index (Phi) is 3.92. The Morgan fingerprint density at radius 2 is 2.00 bits per heavy atom. The van der Waals surface area contributed by atoms with Gasteiger partial charge in [0.15, 0.2) is 5.58 Å². The van der Waals surface area contributed by atoms with Crippen molar-refractivity contribution >= 4 is 52.0 Å². The number of carbonyl (C=O) groups is 1. The number of oxazole rings is 1. The quantitative estimate of drug-likeness (QED) is 0.704. The molecule has 5 nitrogen and oxygen atoms in total. The summed E-state index contributed by atoms with van der Waals surface area (Å²) < 4.78 is 10.2. The standard InChI is InChI=1S/C15H10Cl2N2O3/c1-21-14(20)8-3-2-4-9(5-8)18-15-19-12-6-10(16)11(17)7-13(12)22-15/h2-7H,1H3,(H,18,19). The Balaban J connectivity index is 1.91. The van der Waals surface area contributed by atoms with Crippen molar-refractivity contribution in [2.75, 3.05) is 12.4 Å². The number of nitrogens with zero attached hydrogens (tertiary/aromatic N) is 1. The lowest BCUT2D eigenvalue weighted by molar-refractivity contribution is 0.0601. The highest BCUT2D eigenvalue weighted by atomic mass is 35.5. The molecule has 0 amide bonds. The molecule has 1 N–H and O–H groups in total. The number of esters is 1. The van der Waals surface area contributed by atoms with Crippen molar-refractivity contribution in [2.45, 2.75) is 0 Å². The Bertz CT molecular complexity index is 822. The van der Waals surface area contributed by atoms with Crippen LogP contribution >= 0.6 is 23.2 Å². The molecule has 1 aromatic heterocycles. The highest BCUT2D eigenvalue weighted by Gasteiger charge is 2.11. The number of carbonyl (C=O) groups excluding carboxylic acids is 1. The minimum Gasteiger partial charge on any atom is -0.465 e. The van der Waals surface area contributed by atoms with Gasteiger partial charge in [-0.05, 0) is 24.3 Å². The molecule has 0 saturated carbocycles. The number of aromatic nitrogens is 1. The van der Waals surface area contributed by atoms with E-state index in [0.29, 0.717) is 32.4 Å². The summed E-state index contributed by atoms with van der Waals surface area (Å²) in [4.78, 5) is 15.8. The topological polar surface area (TPSA) is 64.4 Å². The molecule has 0 atom stereocenters. The lowest BCUT2D eigenvalue weighted by Gasteiger charge is -2.03. The van der Waals surface area contributed by atoms with Gasteiger partial charge in [0.2, 0.25) is 0 Å². The number of hydrogen-bond acceptors (Lipinski definition) is 5. The molecule has 0 aliphatic rings. The summed E-state index contributed by atoms with van der Waals surface area (Å²) in [6.45, 7) is 0. The molecule has 0 aliphatic heterocycles. The molecular weight excluding hydrogens is 327 g/mol. The smallest absolute Gasteiger partial charge is 0.337 e. The normalized spacial score (nSPS) is 10.7. The Morgan fingerprint density at radius 3 is 2.77 bits per heavy atom. The molecule has 1 heterocycles. The number of hydrogen-bond donors (Lipinski definition) is 1. The van der Waals surface area contributed by atoms with E-state index in [1.807, 2.05) is 0 Å². The van der Waals surface area contributed by atoms with Crippen molar-refractivity contribution < 1.29 is 13.9 Å². The summed E-state index contributed by atoms with van der Waals surface area (Å²) in [6.07, 6.45) is 0. The van der Waals surface area contributed by atoms with Gasteiger partial charge < -0.3 is 14.5 Å². The Labute approximate surface area is 135 Å². The van der Waals surface area contributed by atoms with Crippen LogP contribution < -0.4 is 5.32 Å². The number of methoxy groups -OCH3 is 1. The van der Waals surface area contributed by atoms with Gasteiger partial charge in [-0.25, -0.2) is 4.79 Å². The summed E-state index contributed by atoms with van der Waals surface area (Å²) in [6, 6.07) is 10.3. The molecular formula is C15H10Cl2N2O3. The second-order valence-electron chi connectivity index (χ2n) is 4.45. The van der Waals surface area contributed by atoms with Crippen LogP contribution in [0.3, 0.4) is 0 Å². The van der Waals surface area contributed by atoms with Gasteiger partial charge in [-0.3, -0.25) is 0 Å². The summed E-state index contributed by atoms with van der Waals surface area (Å²) >= 11 is 11.9. The van der Waals surface area contributed by atoms with E-state index in [-0.39, 0.29) is 6.01 Å². The summed E-state index contributed by atoms with van der Waals surface area (Å²) in [5.74, 6) is -0.417. The van der Waals surface area contributed by atoms with E-state index in [9.17, 15) is 4.79 Å². The molecule has 0 radical (unpaired) electrons. The van der Waals surface area contributed by atoms with Gasteiger partial charge >= 0.3 is 5.97 Å². The maximum absolute atomic E-state index is 11.5. The monoisotopic (exact) mass is 336 g/mol. The first-order chi connectivity index (χ1) is 10.6. The molecule has 0 aliphatic carbocycles. The maximum Gasteiger partial charge on any atom is 0.337 e. The summed E-state index contributed by atoms with van der Waals surface area (Å²) in [5, 5.41) is 3.78. The summed E-state index contributed by atoms with van der Waals surface area (Å²) in [7, 11) is 1.33. The third kappa shape index (κ3) is 2.86. The average Bonchev–Trinajstić information content (AvgIpc) is 2.88. The van der Waals surface area contributed by atoms with Gasteiger partial charge in [0.25, 0.3) is 6.01 Å². The van der Waals surface area contributed by atoms with E-state index >= 15 is 0 Å². The van der Waals surface area contributed by atoms with Gasteiger partial charge in [-0.1, -0.05) is 29.3 Å². The number of rotatable bonds is 3. The third-order valence-electron chi connectivity index (χ3n) is 2.97. The van der Waals surface area contributed by atoms with E-state index in [4.69, 9.17) is 27.6 Å². The SMILES string of the molecule is COC(=O)c1cccc(Nc2nc3cc(Cl)c(Cl)cc3o2)c1. The molecule has 0 fully saturated rings. The molecule has 0 saturated heterocycles. The summed E-state index contributed by atoms with van der Waals surface area (Å²) in [5.41, 5.74) is 2.17. The van der Waals surface area contributed by atoms with E-state index < -0.39 is 5.97 Å². The second-order valence-corrected chi connectivity index (χ2v) is 5.26. The number of ether oxygens (including phenoxy) is 1. The highest BCUT2D eigenvalue weighted by molar-refractivity contribution is 6.42. The fourth-order valence-electron chi connectivity index (χ4n) is 1.94. The molecule has 3 aromatic rings. The van der Waals surface area contributed by atoms with E-state index in [1.54, 1.807) is 36.4 Å². The molecule has 0 unspecified atom stereocenters. The zero-order valence-electron chi connectivity index (χ0n) is 11.4. The molecule has 0 bridgehead atoms. The van der Waals surface area contributed by atoms with Gasteiger partial charge in [0.1, 0.15) is 5.52 Å². The van der Waals surface area contributed by atoms with Crippen LogP contribution in [0.2, 0.25) is 10.0 Å². The first-order valence-electron chi connectivity index (χ1n) is 6.28. The molecule has 22 heavy (non-hydrogen) atoms. The van der Waals surface area contributed by atoms with Crippen LogP contribution in [-0.2, 0) is 4.74 Å². The highest BCUT2D eigenvalue weighted by Crippen LogP contribution is 2.30. The third-order valence-corrected chi connectivity index (χ3v) is 3.69. The Hall–Kier alpha value is -2.24. The van der Waals surface area contributed by atoms with Crippen LogP contribution in [0.5, 0.6) is 0 Å². The first kappa shape index (κ1) is 14.7. The van der Waals surface area contributed by atoms with Crippen molar-refractivity contribution in [3.63, 3.8) is 0 Å². The van der Waals surface area contributed by atoms with E-state index in [2.05, 4.69) is 15.0 Å². The van der Waals surface area contributed by atoms with Gasteiger partial charge in [0.05, 0.1) is 22.7 Å². The predicted molar refractivity (Wildman–Crippen MR) is 85.1 cm³/mol. The first-order valence-corrected chi connectivity index (χ1v) is 7.03.